The lowest BCUT2D eigenvalue weighted by Gasteiger charge is -2.21. The number of rotatable bonds is 4. The molecule has 8 heteroatoms. The summed E-state index contributed by atoms with van der Waals surface area (Å²) in [4.78, 5) is 7.28. The highest BCUT2D eigenvalue weighted by atomic mass is 19.4. The van der Waals surface area contributed by atoms with Gasteiger partial charge in [-0.3, -0.25) is 4.68 Å². The number of alkyl halides is 3. The van der Waals surface area contributed by atoms with Crippen LogP contribution in [-0.2, 0) is 6.18 Å². The van der Waals surface area contributed by atoms with Crippen molar-refractivity contribution < 1.29 is 13.2 Å². The zero-order chi connectivity index (χ0) is 14.8. The first-order valence-corrected chi connectivity index (χ1v) is 6.04. The van der Waals surface area contributed by atoms with E-state index in [1.54, 1.807) is 23.1 Å². The molecule has 0 aliphatic rings. The molecule has 0 aromatic carbocycles. The van der Waals surface area contributed by atoms with Gasteiger partial charge in [0.1, 0.15) is 5.69 Å². The molecule has 0 saturated carbocycles. The second kappa shape index (κ2) is 5.48. The fraction of sp³-hybridized carbons (Fsp3) is 0.417. The van der Waals surface area contributed by atoms with Crippen LogP contribution in [0, 0.1) is 0 Å². The monoisotopic (exact) mass is 285 g/mol. The maximum absolute atomic E-state index is 12.6. The smallest absolute Gasteiger partial charge is 0.350 e. The Morgan fingerprint density at radius 2 is 2.00 bits per heavy atom. The zero-order valence-electron chi connectivity index (χ0n) is 11.0. The highest BCUT2D eigenvalue weighted by Crippen LogP contribution is 2.27. The summed E-state index contributed by atoms with van der Waals surface area (Å²) in [6, 6.07) is 2.39. The van der Waals surface area contributed by atoms with Crippen LogP contribution in [0.25, 0.3) is 0 Å². The summed E-state index contributed by atoms with van der Waals surface area (Å²) in [6.07, 6.45) is 0.0412. The van der Waals surface area contributed by atoms with Crippen molar-refractivity contribution >= 4 is 5.95 Å². The first kappa shape index (κ1) is 14.3. The second-order valence-electron chi connectivity index (χ2n) is 4.42. The molecule has 0 bridgehead atoms. The van der Waals surface area contributed by atoms with E-state index < -0.39 is 11.9 Å². The molecule has 2 rings (SSSR count). The van der Waals surface area contributed by atoms with Crippen molar-refractivity contribution in [2.75, 3.05) is 5.32 Å². The van der Waals surface area contributed by atoms with Gasteiger partial charge in [0, 0.05) is 24.6 Å². The van der Waals surface area contributed by atoms with Crippen LogP contribution in [0.4, 0.5) is 19.1 Å². The topological polar surface area (TPSA) is 55.6 Å². The van der Waals surface area contributed by atoms with Crippen LogP contribution in [0.3, 0.4) is 0 Å². The Morgan fingerprint density at radius 3 is 2.60 bits per heavy atom. The summed E-state index contributed by atoms with van der Waals surface area (Å²) in [5.74, 6) is -0.0497. The molecule has 20 heavy (non-hydrogen) atoms. The highest BCUT2D eigenvalue weighted by molar-refractivity contribution is 5.27. The molecule has 2 atom stereocenters. The van der Waals surface area contributed by atoms with E-state index in [1.165, 1.54) is 0 Å². The minimum Gasteiger partial charge on any atom is -0.350 e. The lowest BCUT2D eigenvalue weighted by Crippen LogP contribution is -2.28. The largest absolute Gasteiger partial charge is 0.433 e. The van der Waals surface area contributed by atoms with Gasteiger partial charge < -0.3 is 5.32 Å². The molecular weight excluding hydrogens is 271 g/mol. The maximum atomic E-state index is 12.6. The minimum absolute atomic E-state index is 0.0497. The van der Waals surface area contributed by atoms with Gasteiger partial charge in [0.15, 0.2) is 0 Å². The van der Waals surface area contributed by atoms with Gasteiger partial charge >= 0.3 is 6.18 Å². The van der Waals surface area contributed by atoms with E-state index in [4.69, 9.17) is 0 Å². The molecule has 5 nitrogen and oxygen atoms in total. The average molecular weight is 285 g/mol. The van der Waals surface area contributed by atoms with E-state index in [1.807, 2.05) is 13.8 Å². The minimum atomic E-state index is -4.48. The first-order valence-electron chi connectivity index (χ1n) is 6.04. The van der Waals surface area contributed by atoms with E-state index in [9.17, 15) is 13.2 Å². The van der Waals surface area contributed by atoms with Gasteiger partial charge in [-0.15, -0.1) is 0 Å². The fourth-order valence-electron chi connectivity index (χ4n) is 1.66. The van der Waals surface area contributed by atoms with Crippen molar-refractivity contribution in [3.05, 3.63) is 36.4 Å². The number of aromatic nitrogens is 4. The molecule has 2 aromatic rings. The number of hydrogen-bond acceptors (Lipinski definition) is 4. The van der Waals surface area contributed by atoms with Crippen LogP contribution < -0.4 is 5.32 Å². The summed E-state index contributed by atoms with van der Waals surface area (Å²) in [5, 5.41) is 6.95. The lowest BCUT2D eigenvalue weighted by atomic mass is 10.2. The van der Waals surface area contributed by atoms with Gasteiger partial charge in [-0.05, 0) is 26.0 Å². The van der Waals surface area contributed by atoms with Gasteiger partial charge in [0.2, 0.25) is 5.95 Å². The Labute approximate surface area is 113 Å². The Balaban J connectivity index is 2.10. The third-order valence-corrected chi connectivity index (χ3v) is 2.97. The second-order valence-corrected chi connectivity index (χ2v) is 4.42. The van der Waals surface area contributed by atoms with E-state index in [0.29, 0.717) is 0 Å². The van der Waals surface area contributed by atoms with Gasteiger partial charge in [0.25, 0.3) is 0 Å². The quantitative estimate of drug-likeness (QED) is 0.938. The van der Waals surface area contributed by atoms with Crippen LogP contribution in [0.1, 0.15) is 25.6 Å². The molecule has 0 fully saturated rings. The third-order valence-electron chi connectivity index (χ3n) is 2.97. The average Bonchev–Trinajstić information content (AvgIpc) is 2.91. The molecule has 0 aliphatic carbocycles. The van der Waals surface area contributed by atoms with Crippen LogP contribution in [0.5, 0.6) is 0 Å². The molecule has 2 heterocycles. The molecule has 1 N–H and O–H groups in total. The normalized spacial score (nSPS) is 14.8. The van der Waals surface area contributed by atoms with E-state index in [-0.39, 0.29) is 18.0 Å². The van der Waals surface area contributed by atoms with Crippen molar-refractivity contribution in [3.8, 4) is 0 Å². The highest BCUT2D eigenvalue weighted by Gasteiger charge is 2.33. The van der Waals surface area contributed by atoms with Crippen molar-refractivity contribution in [2.45, 2.75) is 32.1 Å². The van der Waals surface area contributed by atoms with E-state index >= 15 is 0 Å². The maximum Gasteiger partial charge on any atom is 0.433 e. The Kier molecular flexibility index (Phi) is 3.91. The summed E-state index contributed by atoms with van der Waals surface area (Å²) in [6.45, 7) is 3.73. The van der Waals surface area contributed by atoms with Gasteiger partial charge in [-0.25, -0.2) is 9.97 Å². The van der Waals surface area contributed by atoms with E-state index in [0.717, 1.165) is 12.3 Å². The molecule has 0 amide bonds. The van der Waals surface area contributed by atoms with Gasteiger partial charge in [-0.1, -0.05) is 0 Å². The molecule has 0 unspecified atom stereocenters. The van der Waals surface area contributed by atoms with Crippen molar-refractivity contribution in [1.29, 1.82) is 0 Å². The third kappa shape index (κ3) is 3.25. The number of hydrogen-bond donors (Lipinski definition) is 1. The first-order chi connectivity index (χ1) is 9.38. The predicted molar refractivity (Wildman–Crippen MR) is 67.1 cm³/mol. The van der Waals surface area contributed by atoms with Crippen molar-refractivity contribution in [3.63, 3.8) is 0 Å². The van der Waals surface area contributed by atoms with E-state index in [2.05, 4.69) is 20.4 Å². The molecule has 0 saturated heterocycles. The van der Waals surface area contributed by atoms with Crippen molar-refractivity contribution in [2.24, 2.45) is 0 Å². The molecule has 108 valence electrons. The molecular formula is C12H14F3N5. The van der Waals surface area contributed by atoms with Gasteiger partial charge in [0.05, 0.1) is 6.04 Å². The molecule has 0 radical (unpaired) electrons. The Morgan fingerprint density at radius 1 is 1.25 bits per heavy atom. The van der Waals surface area contributed by atoms with Crippen LogP contribution in [-0.4, -0.2) is 25.8 Å². The predicted octanol–water partition coefficient (Wildman–Crippen LogP) is 2.75. The number of nitrogens with one attached hydrogen (secondary N) is 1. The zero-order valence-corrected chi connectivity index (χ0v) is 11.0. The number of anilines is 1. The summed E-state index contributed by atoms with van der Waals surface area (Å²) in [7, 11) is 0. The molecule has 0 aliphatic heterocycles. The van der Waals surface area contributed by atoms with Crippen molar-refractivity contribution in [1.82, 2.24) is 19.7 Å². The summed E-state index contributed by atoms with van der Waals surface area (Å²) >= 11 is 0. The lowest BCUT2D eigenvalue weighted by molar-refractivity contribution is -0.141. The number of halogens is 3. The fourth-order valence-corrected chi connectivity index (χ4v) is 1.66. The Bertz CT molecular complexity index is 552. The molecule has 0 spiro atoms. The molecule has 2 aromatic heterocycles. The van der Waals surface area contributed by atoms with Crippen LogP contribution in [0.2, 0.25) is 0 Å². The Hall–Kier alpha value is -2.12. The SMILES string of the molecule is C[C@H](Nc1nccc(C(F)(F)F)n1)[C@@H](C)n1cccn1. The summed E-state index contributed by atoms with van der Waals surface area (Å²) < 4.78 is 39.4. The van der Waals surface area contributed by atoms with Crippen LogP contribution in [0.15, 0.2) is 30.7 Å². The van der Waals surface area contributed by atoms with Gasteiger partial charge in [-0.2, -0.15) is 18.3 Å². The standard InChI is InChI=1S/C12H14F3N5/c1-8(9(2)20-7-3-5-17-20)18-11-16-6-4-10(19-11)12(13,14)15/h3-9H,1-2H3,(H,16,18,19)/t8-,9+/m0/s1. The summed E-state index contributed by atoms with van der Waals surface area (Å²) in [5.41, 5.74) is -0.964. The van der Waals surface area contributed by atoms with Crippen LogP contribution >= 0.6 is 0 Å². The number of nitrogens with zero attached hydrogens (tertiary/aromatic N) is 4.